The van der Waals surface area contributed by atoms with Crippen LogP contribution in [0.5, 0.6) is 0 Å². The Labute approximate surface area is 123 Å². The van der Waals surface area contributed by atoms with Gasteiger partial charge < -0.3 is 5.32 Å². The van der Waals surface area contributed by atoms with E-state index in [4.69, 9.17) is 23.2 Å². The average molecular weight is 295 g/mol. The maximum Gasteiger partial charge on any atom is 0.0424 e. The summed E-state index contributed by atoms with van der Waals surface area (Å²) >= 11 is 12.1. The zero-order valence-electron chi connectivity index (χ0n) is 10.7. The van der Waals surface area contributed by atoms with Crippen molar-refractivity contribution >= 4 is 23.2 Å². The van der Waals surface area contributed by atoms with Gasteiger partial charge in [-0.2, -0.15) is 0 Å². The number of halogens is 2. The summed E-state index contributed by atoms with van der Waals surface area (Å²) in [5.41, 5.74) is 2.13. The quantitative estimate of drug-likeness (QED) is 0.890. The summed E-state index contributed by atoms with van der Waals surface area (Å²) < 4.78 is 0. The van der Waals surface area contributed by atoms with Crippen molar-refractivity contribution in [2.75, 3.05) is 6.54 Å². The molecule has 4 heteroatoms. The molecule has 1 unspecified atom stereocenters. The summed E-state index contributed by atoms with van der Waals surface area (Å²) in [6.45, 7) is 2.96. The first kappa shape index (κ1) is 14.3. The van der Waals surface area contributed by atoms with Gasteiger partial charge in [0, 0.05) is 34.4 Å². The minimum Gasteiger partial charge on any atom is -0.310 e. The van der Waals surface area contributed by atoms with E-state index < -0.39 is 0 Å². The van der Waals surface area contributed by atoms with E-state index >= 15 is 0 Å². The lowest BCUT2D eigenvalue weighted by Gasteiger charge is -2.18. The predicted octanol–water partition coefficient (Wildman–Crippen LogP) is 4.28. The van der Waals surface area contributed by atoms with Gasteiger partial charge in [-0.05, 0) is 42.4 Å². The molecule has 0 spiro atoms. The van der Waals surface area contributed by atoms with E-state index in [9.17, 15) is 0 Å². The Hall–Kier alpha value is -1.09. The highest BCUT2D eigenvalue weighted by atomic mass is 35.5. The minimum absolute atomic E-state index is 0.163. The number of aromatic nitrogens is 1. The third kappa shape index (κ3) is 4.20. The molecule has 2 nitrogen and oxygen atoms in total. The second-order valence-corrected chi connectivity index (χ2v) is 5.21. The van der Waals surface area contributed by atoms with Crippen LogP contribution in [0.1, 0.15) is 24.2 Å². The first-order valence-electron chi connectivity index (χ1n) is 6.28. The average Bonchev–Trinajstić information content (AvgIpc) is 2.38. The highest BCUT2D eigenvalue weighted by molar-refractivity contribution is 6.34. The van der Waals surface area contributed by atoms with Crippen LogP contribution in [0.3, 0.4) is 0 Å². The van der Waals surface area contributed by atoms with Crippen molar-refractivity contribution in [2.24, 2.45) is 0 Å². The van der Waals surface area contributed by atoms with E-state index in [2.05, 4.69) is 17.2 Å². The zero-order valence-corrected chi connectivity index (χ0v) is 12.2. The van der Waals surface area contributed by atoms with Crippen LogP contribution in [0.15, 0.2) is 42.6 Å². The molecule has 2 rings (SSSR count). The molecule has 0 amide bonds. The molecular formula is C15H16Cl2N2. The second-order valence-electron chi connectivity index (χ2n) is 4.34. The summed E-state index contributed by atoms with van der Waals surface area (Å²) in [6, 6.07) is 11.7. The minimum atomic E-state index is 0.163. The van der Waals surface area contributed by atoms with Gasteiger partial charge in [0.15, 0.2) is 0 Å². The van der Waals surface area contributed by atoms with Crippen molar-refractivity contribution in [1.82, 2.24) is 10.3 Å². The summed E-state index contributed by atoms with van der Waals surface area (Å²) in [5.74, 6) is 0. The highest BCUT2D eigenvalue weighted by Crippen LogP contribution is 2.25. The number of nitrogens with one attached hydrogen (secondary N) is 1. The Bertz CT molecular complexity index is 509. The highest BCUT2D eigenvalue weighted by Gasteiger charge is 2.13. The molecule has 0 radical (unpaired) electrons. The number of hydrogen-bond donors (Lipinski definition) is 1. The van der Waals surface area contributed by atoms with Crippen LogP contribution < -0.4 is 5.32 Å². The normalized spacial score (nSPS) is 12.4. The van der Waals surface area contributed by atoms with Crippen LogP contribution in [-0.4, -0.2) is 11.5 Å². The molecule has 1 N–H and O–H groups in total. The molecule has 1 atom stereocenters. The number of likely N-dealkylation sites (N-methyl/N-ethyl adjacent to an activating group) is 1. The van der Waals surface area contributed by atoms with Gasteiger partial charge in [-0.15, -0.1) is 0 Å². The SMILES string of the molecule is CCNC(Cc1ccccn1)c1cc(Cl)cc(Cl)c1. The Balaban J connectivity index is 2.24. The van der Waals surface area contributed by atoms with Gasteiger partial charge in [0.2, 0.25) is 0 Å². The Morgan fingerprint density at radius 2 is 1.89 bits per heavy atom. The molecule has 19 heavy (non-hydrogen) atoms. The predicted molar refractivity (Wildman–Crippen MR) is 80.8 cm³/mol. The number of rotatable bonds is 5. The van der Waals surface area contributed by atoms with Gasteiger partial charge in [-0.3, -0.25) is 4.98 Å². The van der Waals surface area contributed by atoms with E-state index in [1.165, 1.54) is 0 Å². The van der Waals surface area contributed by atoms with E-state index in [0.717, 1.165) is 24.2 Å². The van der Waals surface area contributed by atoms with Gasteiger partial charge >= 0.3 is 0 Å². The van der Waals surface area contributed by atoms with Gasteiger partial charge in [0.05, 0.1) is 0 Å². The first-order valence-corrected chi connectivity index (χ1v) is 7.04. The molecule has 1 aromatic carbocycles. The fourth-order valence-electron chi connectivity index (χ4n) is 2.06. The van der Waals surface area contributed by atoms with Gasteiger partial charge in [0.25, 0.3) is 0 Å². The molecule has 0 aliphatic rings. The number of hydrogen-bond acceptors (Lipinski definition) is 2. The van der Waals surface area contributed by atoms with Crippen molar-refractivity contribution in [3.63, 3.8) is 0 Å². The lowest BCUT2D eigenvalue weighted by molar-refractivity contribution is 0.544. The number of pyridine rings is 1. The molecule has 0 fully saturated rings. The fraction of sp³-hybridized carbons (Fsp3) is 0.267. The summed E-state index contributed by atoms with van der Waals surface area (Å²) in [5, 5.41) is 4.76. The summed E-state index contributed by atoms with van der Waals surface area (Å²) in [4.78, 5) is 4.37. The summed E-state index contributed by atoms with van der Waals surface area (Å²) in [7, 11) is 0. The maximum absolute atomic E-state index is 6.07. The van der Waals surface area contributed by atoms with Crippen molar-refractivity contribution in [2.45, 2.75) is 19.4 Å². The molecule has 1 aromatic heterocycles. The van der Waals surface area contributed by atoms with Crippen LogP contribution in [0.2, 0.25) is 10.0 Å². The monoisotopic (exact) mass is 294 g/mol. The number of benzene rings is 1. The zero-order chi connectivity index (χ0) is 13.7. The maximum atomic E-state index is 6.07. The molecule has 100 valence electrons. The Kier molecular flexibility index (Phi) is 5.20. The molecule has 0 aliphatic heterocycles. The Morgan fingerprint density at radius 3 is 2.47 bits per heavy atom. The molecule has 0 aliphatic carbocycles. The van der Waals surface area contributed by atoms with E-state index in [-0.39, 0.29) is 6.04 Å². The van der Waals surface area contributed by atoms with E-state index in [1.54, 1.807) is 6.07 Å². The van der Waals surface area contributed by atoms with Crippen LogP contribution in [0, 0.1) is 0 Å². The second kappa shape index (κ2) is 6.90. The third-order valence-electron chi connectivity index (χ3n) is 2.88. The largest absolute Gasteiger partial charge is 0.310 e. The van der Waals surface area contributed by atoms with Crippen LogP contribution in [0.4, 0.5) is 0 Å². The van der Waals surface area contributed by atoms with E-state index in [1.807, 2.05) is 36.5 Å². The van der Waals surface area contributed by atoms with Crippen molar-refractivity contribution in [1.29, 1.82) is 0 Å². The van der Waals surface area contributed by atoms with Crippen molar-refractivity contribution in [3.05, 3.63) is 63.9 Å². The number of nitrogens with zero attached hydrogens (tertiary/aromatic N) is 1. The van der Waals surface area contributed by atoms with Gasteiger partial charge in [-0.25, -0.2) is 0 Å². The van der Waals surface area contributed by atoms with Crippen LogP contribution in [-0.2, 0) is 6.42 Å². The molecule has 1 heterocycles. The van der Waals surface area contributed by atoms with Gasteiger partial charge in [-0.1, -0.05) is 36.2 Å². The van der Waals surface area contributed by atoms with E-state index in [0.29, 0.717) is 10.0 Å². The van der Waals surface area contributed by atoms with Crippen molar-refractivity contribution in [3.8, 4) is 0 Å². The van der Waals surface area contributed by atoms with Gasteiger partial charge in [0.1, 0.15) is 0 Å². The van der Waals surface area contributed by atoms with Crippen LogP contribution in [0.25, 0.3) is 0 Å². The molecule has 0 saturated carbocycles. The lowest BCUT2D eigenvalue weighted by Crippen LogP contribution is -2.23. The Morgan fingerprint density at radius 1 is 1.16 bits per heavy atom. The molecular weight excluding hydrogens is 279 g/mol. The lowest BCUT2D eigenvalue weighted by atomic mass is 10.0. The molecule has 2 aromatic rings. The summed E-state index contributed by atoms with van der Waals surface area (Å²) in [6.07, 6.45) is 2.62. The van der Waals surface area contributed by atoms with Crippen LogP contribution >= 0.6 is 23.2 Å². The topological polar surface area (TPSA) is 24.9 Å². The first-order chi connectivity index (χ1) is 9.19. The van der Waals surface area contributed by atoms with Crippen molar-refractivity contribution < 1.29 is 0 Å². The standard InChI is InChI=1S/C15H16Cl2N2/c1-2-18-15(10-14-5-3-4-6-19-14)11-7-12(16)9-13(17)8-11/h3-9,15,18H,2,10H2,1H3. The smallest absolute Gasteiger partial charge is 0.0424 e. The molecule has 0 bridgehead atoms. The molecule has 0 saturated heterocycles. The third-order valence-corrected chi connectivity index (χ3v) is 3.31. The fourth-order valence-corrected chi connectivity index (χ4v) is 2.60.